The summed E-state index contributed by atoms with van der Waals surface area (Å²) in [5.41, 5.74) is 1.97. The number of rotatable bonds is 9. The van der Waals surface area contributed by atoms with Gasteiger partial charge in [0.2, 0.25) is 0 Å². The second kappa shape index (κ2) is 13.8. The van der Waals surface area contributed by atoms with Crippen molar-refractivity contribution in [1.29, 1.82) is 0 Å². The van der Waals surface area contributed by atoms with E-state index in [2.05, 4.69) is 29.0 Å². The van der Waals surface area contributed by atoms with Gasteiger partial charge in [0.25, 0.3) is 11.8 Å². The fraction of sp³-hybridized carbons (Fsp3) is 0.429. The van der Waals surface area contributed by atoms with Gasteiger partial charge in [-0.3, -0.25) is 24.3 Å². The molecule has 2 aliphatic rings. The Kier molecular flexibility index (Phi) is 9.82. The lowest BCUT2D eigenvalue weighted by molar-refractivity contribution is 0.0614. The Morgan fingerprint density at radius 1 is 0.933 bits per heavy atom. The fourth-order valence-corrected chi connectivity index (χ4v) is 6.33. The van der Waals surface area contributed by atoms with Crippen molar-refractivity contribution < 1.29 is 28.2 Å². The van der Waals surface area contributed by atoms with Gasteiger partial charge in [-0.1, -0.05) is 19.9 Å². The normalized spacial score (nSPS) is 18.7. The van der Waals surface area contributed by atoms with Crippen molar-refractivity contribution >= 4 is 17.6 Å². The molecule has 3 heterocycles. The van der Waals surface area contributed by atoms with E-state index in [0.29, 0.717) is 49.4 Å². The van der Waals surface area contributed by atoms with Crippen molar-refractivity contribution in [3.05, 3.63) is 89.0 Å². The fourth-order valence-electron chi connectivity index (χ4n) is 6.33. The standard InChI is InChI=1S/C35H41FN4O5/c1-35(2)22-39(21-23-5-12-30(45-4)28(36)19-23)16-15-31(35)38-33(42)26-8-11-29(37-20-26)34(43)40-17-13-25(14-18-40)32(41)24-6-9-27(44-3)10-7-24/h5-12,19-20,25,31H,13-18,21-22H2,1-4H3,(H,38,42). The number of likely N-dealkylation sites (tertiary alicyclic amines) is 2. The van der Waals surface area contributed by atoms with Crippen LogP contribution in [-0.4, -0.2) is 78.8 Å². The first kappa shape index (κ1) is 32.1. The number of methoxy groups -OCH3 is 2. The maximum atomic E-state index is 14.2. The third-order valence-electron chi connectivity index (χ3n) is 9.01. The molecular formula is C35H41FN4O5. The third kappa shape index (κ3) is 7.50. The minimum atomic E-state index is -0.375. The minimum absolute atomic E-state index is 0.0583. The van der Waals surface area contributed by atoms with Crippen LogP contribution in [0, 0.1) is 17.2 Å². The summed E-state index contributed by atoms with van der Waals surface area (Å²) in [6.45, 7) is 7.28. The first-order valence-electron chi connectivity index (χ1n) is 15.4. The van der Waals surface area contributed by atoms with Crippen LogP contribution in [0.5, 0.6) is 11.5 Å². The van der Waals surface area contributed by atoms with Gasteiger partial charge in [-0.05, 0) is 78.8 Å². The highest BCUT2D eigenvalue weighted by atomic mass is 19.1. The molecule has 0 saturated carbocycles. The van der Waals surface area contributed by atoms with Crippen molar-refractivity contribution in [1.82, 2.24) is 20.1 Å². The molecule has 3 aromatic rings. The Bertz CT molecular complexity index is 1520. The van der Waals surface area contributed by atoms with Gasteiger partial charge in [-0.25, -0.2) is 4.39 Å². The molecule has 9 nitrogen and oxygen atoms in total. The summed E-state index contributed by atoms with van der Waals surface area (Å²) in [6, 6.07) is 15.3. The van der Waals surface area contributed by atoms with Crippen LogP contribution in [0.15, 0.2) is 60.8 Å². The maximum absolute atomic E-state index is 14.2. The van der Waals surface area contributed by atoms with Crippen LogP contribution in [0.25, 0.3) is 0 Å². The molecule has 1 atom stereocenters. The molecule has 0 spiro atoms. The van der Waals surface area contributed by atoms with E-state index in [9.17, 15) is 18.8 Å². The van der Waals surface area contributed by atoms with Crippen LogP contribution in [0.2, 0.25) is 0 Å². The van der Waals surface area contributed by atoms with Crippen molar-refractivity contribution in [3.63, 3.8) is 0 Å². The molecule has 1 unspecified atom stereocenters. The molecule has 238 valence electrons. The van der Waals surface area contributed by atoms with Crippen LogP contribution < -0.4 is 14.8 Å². The summed E-state index contributed by atoms with van der Waals surface area (Å²) >= 11 is 0. The molecule has 0 bridgehead atoms. The number of hydrogen-bond acceptors (Lipinski definition) is 7. The predicted octanol–water partition coefficient (Wildman–Crippen LogP) is 5.00. The predicted molar refractivity (Wildman–Crippen MR) is 168 cm³/mol. The monoisotopic (exact) mass is 616 g/mol. The SMILES string of the molecule is COc1ccc(C(=O)C2CCN(C(=O)c3ccc(C(=O)NC4CCN(Cc5ccc(OC)c(F)c5)CC4(C)C)cn3)CC2)cc1. The lowest BCUT2D eigenvalue weighted by Crippen LogP contribution is -2.55. The molecule has 2 aromatic carbocycles. The smallest absolute Gasteiger partial charge is 0.272 e. The van der Waals surface area contributed by atoms with E-state index in [1.165, 1.54) is 19.4 Å². The molecule has 0 radical (unpaired) electrons. The Hall–Kier alpha value is -4.31. The number of carbonyl (C=O) groups excluding carboxylic acids is 3. The number of nitrogens with one attached hydrogen (secondary N) is 1. The van der Waals surface area contributed by atoms with Gasteiger partial charge in [-0.2, -0.15) is 0 Å². The number of ketones is 1. The third-order valence-corrected chi connectivity index (χ3v) is 9.01. The first-order chi connectivity index (χ1) is 21.6. The van der Waals surface area contributed by atoms with E-state index in [1.54, 1.807) is 54.5 Å². The van der Waals surface area contributed by atoms with Gasteiger partial charge in [-0.15, -0.1) is 0 Å². The molecule has 2 fully saturated rings. The summed E-state index contributed by atoms with van der Waals surface area (Å²) in [4.78, 5) is 47.5. The highest BCUT2D eigenvalue weighted by Gasteiger charge is 2.37. The second-order valence-corrected chi connectivity index (χ2v) is 12.6. The lowest BCUT2D eigenvalue weighted by Gasteiger charge is -2.44. The van der Waals surface area contributed by atoms with Gasteiger partial charge in [0, 0.05) is 56.4 Å². The quantitative estimate of drug-likeness (QED) is 0.338. The van der Waals surface area contributed by atoms with E-state index in [-0.39, 0.29) is 52.2 Å². The molecule has 2 saturated heterocycles. The van der Waals surface area contributed by atoms with E-state index in [4.69, 9.17) is 9.47 Å². The molecule has 1 N–H and O–H groups in total. The van der Waals surface area contributed by atoms with Gasteiger partial charge < -0.3 is 19.7 Å². The van der Waals surface area contributed by atoms with Crippen LogP contribution in [-0.2, 0) is 6.54 Å². The molecular weight excluding hydrogens is 575 g/mol. The molecule has 10 heteroatoms. The van der Waals surface area contributed by atoms with Crippen molar-refractivity contribution in [2.45, 2.75) is 45.7 Å². The number of Topliss-reactive ketones (excluding diaryl/α,β-unsaturated/α-hetero) is 1. The largest absolute Gasteiger partial charge is 0.497 e. The van der Waals surface area contributed by atoms with E-state index in [0.717, 1.165) is 25.1 Å². The molecule has 2 amide bonds. The number of ether oxygens (including phenoxy) is 2. The Labute approximate surface area is 263 Å². The van der Waals surface area contributed by atoms with Crippen molar-refractivity contribution in [2.75, 3.05) is 40.4 Å². The zero-order chi connectivity index (χ0) is 32.1. The summed E-state index contributed by atoms with van der Waals surface area (Å²) in [5.74, 6) is 0.0628. The number of hydrogen-bond donors (Lipinski definition) is 1. The van der Waals surface area contributed by atoms with Gasteiger partial charge in [0.1, 0.15) is 11.4 Å². The molecule has 1 aromatic heterocycles. The average molecular weight is 617 g/mol. The van der Waals surface area contributed by atoms with Crippen LogP contribution >= 0.6 is 0 Å². The first-order valence-corrected chi connectivity index (χ1v) is 15.4. The van der Waals surface area contributed by atoms with Crippen LogP contribution in [0.1, 0.15) is 69.9 Å². The number of aromatic nitrogens is 1. The van der Waals surface area contributed by atoms with Crippen LogP contribution in [0.3, 0.4) is 0 Å². The number of amides is 2. The number of nitrogens with zero attached hydrogens (tertiary/aromatic N) is 3. The summed E-state index contributed by atoms with van der Waals surface area (Å²) in [5, 5.41) is 3.16. The maximum Gasteiger partial charge on any atom is 0.272 e. The van der Waals surface area contributed by atoms with Crippen LogP contribution in [0.4, 0.5) is 4.39 Å². The lowest BCUT2D eigenvalue weighted by atomic mass is 9.79. The van der Waals surface area contributed by atoms with Gasteiger partial charge in [0.15, 0.2) is 17.3 Å². The zero-order valence-electron chi connectivity index (χ0n) is 26.3. The van der Waals surface area contributed by atoms with Crippen molar-refractivity contribution in [3.8, 4) is 11.5 Å². The number of benzene rings is 2. The highest BCUT2D eigenvalue weighted by Crippen LogP contribution is 2.31. The number of piperidine rings is 2. The van der Waals surface area contributed by atoms with E-state index < -0.39 is 0 Å². The molecule has 2 aliphatic heterocycles. The zero-order valence-corrected chi connectivity index (χ0v) is 26.3. The molecule has 45 heavy (non-hydrogen) atoms. The minimum Gasteiger partial charge on any atom is -0.497 e. The molecule has 5 rings (SSSR count). The van der Waals surface area contributed by atoms with Gasteiger partial charge in [0.05, 0.1) is 19.8 Å². The van der Waals surface area contributed by atoms with Gasteiger partial charge >= 0.3 is 0 Å². The number of pyridine rings is 1. The van der Waals surface area contributed by atoms with Crippen molar-refractivity contribution in [2.24, 2.45) is 11.3 Å². The Morgan fingerprint density at radius 3 is 2.24 bits per heavy atom. The topological polar surface area (TPSA) is 101 Å². The molecule has 0 aliphatic carbocycles. The number of halogens is 1. The van der Waals surface area contributed by atoms with E-state index >= 15 is 0 Å². The average Bonchev–Trinajstić information content (AvgIpc) is 3.05. The summed E-state index contributed by atoms with van der Waals surface area (Å²) in [7, 11) is 3.04. The summed E-state index contributed by atoms with van der Waals surface area (Å²) in [6.07, 6.45) is 3.37. The van der Waals surface area contributed by atoms with E-state index in [1.807, 2.05) is 6.07 Å². The number of carbonyl (C=O) groups is 3. The Morgan fingerprint density at radius 2 is 1.64 bits per heavy atom. The second-order valence-electron chi connectivity index (χ2n) is 12.6. The highest BCUT2D eigenvalue weighted by molar-refractivity contribution is 5.99. The summed E-state index contributed by atoms with van der Waals surface area (Å²) < 4.78 is 24.4. The Balaban J connectivity index is 1.11.